The van der Waals surface area contributed by atoms with Crippen molar-refractivity contribution in [3.05, 3.63) is 0 Å². The van der Waals surface area contributed by atoms with Crippen molar-refractivity contribution in [3.63, 3.8) is 0 Å². The molecule has 2 rings (SSSR count). The van der Waals surface area contributed by atoms with Crippen LogP contribution in [0.15, 0.2) is 0 Å². The Balaban J connectivity index is 1.83. The van der Waals surface area contributed by atoms with E-state index in [1.165, 1.54) is 0 Å². The molecule has 1 saturated heterocycles. The van der Waals surface area contributed by atoms with E-state index in [4.69, 9.17) is 9.84 Å². The summed E-state index contributed by atoms with van der Waals surface area (Å²) in [5, 5.41) is 8.83. The number of nitrogens with zero attached hydrogens (tertiary/aromatic N) is 1. The monoisotopic (exact) mass is 325 g/mol. The van der Waals surface area contributed by atoms with Crippen molar-refractivity contribution < 1.29 is 14.6 Å². The fourth-order valence-electron chi connectivity index (χ4n) is 2.16. The predicted molar refractivity (Wildman–Crippen MR) is 64.1 cm³/mol. The van der Waals surface area contributed by atoms with E-state index in [9.17, 15) is 4.79 Å². The van der Waals surface area contributed by atoms with Gasteiger partial charge >= 0.3 is 5.97 Å². The third kappa shape index (κ3) is 3.29. The third-order valence-electron chi connectivity index (χ3n) is 3.15. The van der Waals surface area contributed by atoms with Gasteiger partial charge in [-0.25, -0.2) is 0 Å². The Morgan fingerprint density at radius 2 is 2.33 bits per heavy atom. The van der Waals surface area contributed by atoms with E-state index in [0.717, 1.165) is 39.1 Å². The number of alkyl halides is 1. The van der Waals surface area contributed by atoms with Crippen LogP contribution in [0.1, 0.15) is 19.3 Å². The normalized spacial score (nSPS) is 30.1. The smallest absolute Gasteiger partial charge is 0.303 e. The minimum atomic E-state index is -0.660. The Hall–Kier alpha value is 0.120. The summed E-state index contributed by atoms with van der Waals surface area (Å²) in [5.74, 6) is -0.660. The van der Waals surface area contributed by atoms with E-state index in [-0.39, 0.29) is 9.53 Å². The second-order valence-corrected chi connectivity index (χ2v) is 5.98. The van der Waals surface area contributed by atoms with Crippen LogP contribution in [0.25, 0.3) is 0 Å². The molecule has 1 aliphatic carbocycles. The van der Waals surface area contributed by atoms with Gasteiger partial charge in [0.2, 0.25) is 0 Å². The first-order valence-corrected chi connectivity index (χ1v) is 6.54. The number of hydrogen-bond donors (Lipinski definition) is 1. The van der Waals surface area contributed by atoms with Gasteiger partial charge in [0, 0.05) is 19.6 Å². The van der Waals surface area contributed by atoms with Gasteiger partial charge in [-0.3, -0.25) is 9.69 Å². The van der Waals surface area contributed by atoms with Crippen LogP contribution in [0.5, 0.6) is 0 Å². The molecule has 1 unspecified atom stereocenters. The van der Waals surface area contributed by atoms with Crippen molar-refractivity contribution in [1.82, 2.24) is 4.90 Å². The summed E-state index contributed by atoms with van der Waals surface area (Å²) in [6, 6.07) is 0. The quantitative estimate of drug-likeness (QED) is 0.626. The molecule has 1 aliphatic heterocycles. The molecular weight excluding hydrogens is 309 g/mol. The lowest BCUT2D eigenvalue weighted by Gasteiger charge is -2.32. The predicted octanol–water partition coefficient (Wildman–Crippen LogP) is 1.33. The van der Waals surface area contributed by atoms with Crippen LogP contribution in [-0.2, 0) is 9.53 Å². The molecule has 1 N–H and O–H groups in total. The number of hydrogen-bond acceptors (Lipinski definition) is 3. The first-order chi connectivity index (χ1) is 7.10. The largest absolute Gasteiger partial charge is 0.481 e. The summed E-state index contributed by atoms with van der Waals surface area (Å²) in [7, 11) is 0. The van der Waals surface area contributed by atoms with E-state index in [2.05, 4.69) is 27.5 Å². The Kier molecular flexibility index (Phi) is 3.52. The summed E-state index contributed by atoms with van der Waals surface area (Å²) in [5.41, 5.74) is 0.0829. The molecule has 0 aromatic heterocycles. The number of morpholine rings is 1. The van der Waals surface area contributed by atoms with Crippen LogP contribution in [-0.4, -0.2) is 46.3 Å². The maximum Gasteiger partial charge on any atom is 0.303 e. The maximum absolute atomic E-state index is 10.7. The molecule has 0 aromatic rings. The molecule has 0 bridgehead atoms. The second kappa shape index (κ2) is 4.55. The summed E-state index contributed by atoms with van der Waals surface area (Å²) in [6.07, 6.45) is 2.47. The minimum absolute atomic E-state index is 0.0829. The molecule has 2 fully saturated rings. The van der Waals surface area contributed by atoms with Gasteiger partial charge in [-0.15, -0.1) is 0 Å². The molecule has 2 aliphatic rings. The van der Waals surface area contributed by atoms with E-state index in [1.54, 1.807) is 0 Å². The highest BCUT2D eigenvalue weighted by Crippen LogP contribution is 2.49. The van der Waals surface area contributed by atoms with Crippen molar-refractivity contribution in [2.75, 3.05) is 26.2 Å². The first-order valence-electron chi connectivity index (χ1n) is 5.30. The van der Waals surface area contributed by atoms with Crippen LogP contribution in [0.3, 0.4) is 0 Å². The van der Waals surface area contributed by atoms with E-state index in [1.807, 2.05) is 0 Å². The van der Waals surface area contributed by atoms with Crippen molar-refractivity contribution in [2.45, 2.75) is 23.4 Å². The topological polar surface area (TPSA) is 49.8 Å². The molecule has 4 nitrogen and oxygen atoms in total. The van der Waals surface area contributed by atoms with Gasteiger partial charge < -0.3 is 9.84 Å². The van der Waals surface area contributed by atoms with Crippen LogP contribution in [0, 0.1) is 5.41 Å². The molecule has 15 heavy (non-hydrogen) atoms. The summed E-state index contributed by atoms with van der Waals surface area (Å²) >= 11 is 2.29. The number of ether oxygens (including phenoxy) is 1. The van der Waals surface area contributed by atoms with E-state index < -0.39 is 5.97 Å². The van der Waals surface area contributed by atoms with Crippen molar-refractivity contribution >= 4 is 28.6 Å². The number of carboxylic acids is 1. The Morgan fingerprint density at radius 1 is 1.60 bits per heavy atom. The molecule has 0 amide bonds. The van der Waals surface area contributed by atoms with E-state index >= 15 is 0 Å². The summed E-state index contributed by atoms with van der Waals surface area (Å²) < 4.78 is 5.71. The van der Waals surface area contributed by atoms with Crippen molar-refractivity contribution in [2.24, 2.45) is 5.41 Å². The Bertz CT molecular complexity index is 255. The molecule has 86 valence electrons. The zero-order chi connectivity index (χ0) is 10.9. The van der Waals surface area contributed by atoms with Crippen LogP contribution in [0.2, 0.25) is 0 Å². The molecule has 1 atom stereocenters. The lowest BCUT2D eigenvalue weighted by atomic mass is 10.0. The van der Waals surface area contributed by atoms with Gasteiger partial charge in [0.25, 0.3) is 0 Å². The molecule has 1 saturated carbocycles. The molecule has 1 heterocycles. The summed E-state index contributed by atoms with van der Waals surface area (Å²) in [4.78, 5) is 13.1. The zero-order valence-electron chi connectivity index (χ0n) is 8.62. The average Bonchev–Trinajstić information content (AvgIpc) is 2.83. The van der Waals surface area contributed by atoms with Gasteiger partial charge in [0.1, 0.15) is 4.11 Å². The second-order valence-electron chi connectivity index (χ2n) is 4.59. The zero-order valence-corrected chi connectivity index (χ0v) is 10.8. The molecule has 5 heteroatoms. The molecule has 0 radical (unpaired) electrons. The van der Waals surface area contributed by atoms with Gasteiger partial charge in [0.15, 0.2) is 0 Å². The third-order valence-corrected chi connectivity index (χ3v) is 3.90. The first kappa shape index (κ1) is 11.6. The average molecular weight is 325 g/mol. The van der Waals surface area contributed by atoms with Gasteiger partial charge in [0.05, 0.1) is 13.0 Å². The van der Waals surface area contributed by atoms with Crippen LogP contribution < -0.4 is 0 Å². The lowest BCUT2D eigenvalue weighted by Crippen LogP contribution is -2.43. The lowest BCUT2D eigenvalue weighted by molar-refractivity contribution is -0.138. The standard InChI is InChI=1S/C10H16INO3/c11-8-6-12(3-4-15-8)7-10(1-2-10)5-9(13)14/h8H,1-7H2,(H,13,14). The van der Waals surface area contributed by atoms with Crippen molar-refractivity contribution in [1.29, 1.82) is 0 Å². The fourth-order valence-corrected chi connectivity index (χ4v) is 2.97. The highest BCUT2D eigenvalue weighted by atomic mass is 127. The van der Waals surface area contributed by atoms with E-state index in [0.29, 0.717) is 6.42 Å². The summed E-state index contributed by atoms with van der Waals surface area (Å²) in [6.45, 7) is 3.59. The minimum Gasteiger partial charge on any atom is -0.481 e. The number of carbonyl (C=O) groups is 1. The Labute approximate surface area is 103 Å². The van der Waals surface area contributed by atoms with Crippen molar-refractivity contribution in [3.8, 4) is 0 Å². The SMILES string of the molecule is O=C(O)CC1(CN2CCOC(I)C2)CC1. The highest BCUT2D eigenvalue weighted by Gasteiger charge is 2.45. The van der Waals surface area contributed by atoms with Crippen LogP contribution >= 0.6 is 22.6 Å². The molecular formula is C10H16INO3. The number of aliphatic carboxylic acids is 1. The highest BCUT2D eigenvalue weighted by molar-refractivity contribution is 14.1. The van der Waals surface area contributed by atoms with Gasteiger partial charge in [-0.05, 0) is 40.8 Å². The van der Waals surface area contributed by atoms with Gasteiger partial charge in [-0.1, -0.05) is 0 Å². The number of halogens is 1. The van der Waals surface area contributed by atoms with Gasteiger partial charge in [-0.2, -0.15) is 0 Å². The number of rotatable bonds is 4. The Morgan fingerprint density at radius 3 is 2.87 bits per heavy atom. The fraction of sp³-hybridized carbons (Fsp3) is 0.900. The maximum atomic E-state index is 10.7. The molecule has 0 aromatic carbocycles. The number of carboxylic acid groups (broad SMARTS) is 1. The molecule has 0 spiro atoms. The van der Waals surface area contributed by atoms with Crippen LogP contribution in [0.4, 0.5) is 0 Å².